The van der Waals surface area contributed by atoms with Gasteiger partial charge in [0.15, 0.2) is 11.5 Å². The SMILES string of the molecule is NC(c1cc(Cl)ccc1F)c1cc2c(cc1Cl)OCCO2. The van der Waals surface area contributed by atoms with Gasteiger partial charge in [-0.05, 0) is 29.8 Å². The van der Waals surface area contributed by atoms with Gasteiger partial charge in [0, 0.05) is 21.7 Å². The number of nitrogens with two attached hydrogens (primary N) is 1. The minimum absolute atomic E-state index is 0.279. The van der Waals surface area contributed by atoms with Gasteiger partial charge in [-0.3, -0.25) is 0 Å². The lowest BCUT2D eigenvalue weighted by molar-refractivity contribution is 0.171. The second-order valence-electron chi connectivity index (χ2n) is 4.66. The van der Waals surface area contributed by atoms with E-state index < -0.39 is 11.9 Å². The third-order valence-corrected chi connectivity index (χ3v) is 3.85. The molecule has 1 aliphatic heterocycles. The Labute approximate surface area is 131 Å². The smallest absolute Gasteiger partial charge is 0.162 e. The van der Waals surface area contributed by atoms with Crippen molar-refractivity contribution in [1.82, 2.24) is 0 Å². The average molecular weight is 328 g/mol. The summed E-state index contributed by atoms with van der Waals surface area (Å²) in [5.74, 6) is 0.685. The Bertz CT molecular complexity index is 694. The predicted octanol–water partition coefficient (Wildman–Crippen LogP) is 3.95. The number of benzene rings is 2. The van der Waals surface area contributed by atoms with E-state index in [9.17, 15) is 4.39 Å². The minimum atomic E-state index is -0.743. The van der Waals surface area contributed by atoms with Crippen LogP contribution in [-0.4, -0.2) is 13.2 Å². The van der Waals surface area contributed by atoms with Crippen LogP contribution in [0.25, 0.3) is 0 Å². The van der Waals surface area contributed by atoms with Crippen LogP contribution in [0.1, 0.15) is 17.2 Å². The van der Waals surface area contributed by atoms with Crippen LogP contribution in [0.15, 0.2) is 30.3 Å². The van der Waals surface area contributed by atoms with Crippen molar-refractivity contribution in [2.24, 2.45) is 5.73 Å². The van der Waals surface area contributed by atoms with Crippen molar-refractivity contribution < 1.29 is 13.9 Å². The van der Waals surface area contributed by atoms with E-state index in [4.69, 9.17) is 38.4 Å². The lowest BCUT2D eigenvalue weighted by atomic mass is 9.98. The highest BCUT2D eigenvalue weighted by Crippen LogP contribution is 2.39. The minimum Gasteiger partial charge on any atom is -0.486 e. The first-order valence-electron chi connectivity index (χ1n) is 6.36. The molecule has 1 atom stereocenters. The lowest BCUT2D eigenvalue weighted by Crippen LogP contribution is -2.18. The molecule has 0 saturated heterocycles. The fourth-order valence-corrected chi connectivity index (χ4v) is 2.69. The molecule has 3 nitrogen and oxygen atoms in total. The van der Waals surface area contributed by atoms with Crippen LogP contribution in [-0.2, 0) is 0 Å². The van der Waals surface area contributed by atoms with Gasteiger partial charge in [0.2, 0.25) is 0 Å². The Morgan fingerprint density at radius 1 is 1.00 bits per heavy atom. The average Bonchev–Trinajstić information content (AvgIpc) is 2.48. The monoisotopic (exact) mass is 327 g/mol. The summed E-state index contributed by atoms with van der Waals surface area (Å²) >= 11 is 12.1. The van der Waals surface area contributed by atoms with Gasteiger partial charge in [-0.25, -0.2) is 4.39 Å². The topological polar surface area (TPSA) is 44.5 Å². The number of ether oxygens (including phenoxy) is 2. The van der Waals surface area contributed by atoms with Crippen LogP contribution in [0.4, 0.5) is 4.39 Å². The van der Waals surface area contributed by atoms with Gasteiger partial charge >= 0.3 is 0 Å². The molecular weight excluding hydrogens is 316 g/mol. The third kappa shape index (κ3) is 2.79. The summed E-state index contributed by atoms with van der Waals surface area (Å²) in [4.78, 5) is 0. The molecule has 1 aliphatic rings. The van der Waals surface area contributed by atoms with E-state index in [1.165, 1.54) is 18.2 Å². The number of rotatable bonds is 2. The van der Waals surface area contributed by atoms with E-state index in [1.54, 1.807) is 12.1 Å². The molecule has 2 N–H and O–H groups in total. The first kappa shape index (κ1) is 14.4. The van der Waals surface area contributed by atoms with Crippen molar-refractivity contribution >= 4 is 23.2 Å². The first-order chi connectivity index (χ1) is 10.1. The number of hydrogen-bond acceptors (Lipinski definition) is 3. The molecule has 1 heterocycles. The molecular formula is C15H12Cl2FNO2. The molecule has 0 saturated carbocycles. The number of fused-ring (bicyclic) bond motifs is 1. The summed E-state index contributed by atoms with van der Waals surface area (Å²) in [5, 5.41) is 0.807. The van der Waals surface area contributed by atoms with Crippen molar-refractivity contribution in [2.45, 2.75) is 6.04 Å². The van der Waals surface area contributed by atoms with E-state index in [0.29, 0.717) is 40.3 Å². The predicted molar refractivity (Wildman–Crippen MR) is 79.9 cm³/mol. The van der Waals surface area contributed by atoms with E-state index >= 15 is 0 Å². The molecule has 2 aromatic carbocycles. The Morgan fingerprint density at radius 3 is 2.38 bits per heavy atom. The molecule has 0 amide bonds. The van der Waals surface area contributed by atoms with Crippen LogP contribution < -0.4 is 15.2 Å². The highest BCUT2D eigenvalue weighted by Gasteiger charge is 2.21. The number of halogens is 3. The van der Waals surface area contributed by atoms with Crippen molar-refractivity contribution in [2.75, 3.05) is 13.2 Å². The standard InChI is InChI=1S/C15H12Cl2FNO2/c16-8-1-2-12(18)10(5-8)15(19)9-6-13-14(7-11(9)17)21-4-3-20-13/h1-2,5-7,15H,3-4,19H2. The van der Waals surface area contributed by atoms with Crippen LogP contribution in [0.5, 0.6) is 11.5 Å². The van der Waals surface area contributed by atoms with E-state index in [-0.39, 0.29) is 5.56 Å². The van der Waals surface area contributed by atoms with E-state index in [1.807, 2.05) is 0 Å². The highest BCUT2D eigenvalue weighted by atomic mass is 35.5. The molecule has 21 heavy (non-hydrogen) atoms. The third-order valence-electron chi connectivity index (χ3n) is 3.29. The molecule has 0 aliphatic carbocycles. The van der Waals surface area contributed by atoms with Crippen LogP contribution >= 0.6 is 23.2 Å². The summed E-state index contributed by atoms with van der Waals surface area (Å²) < 4.78 is 24.9. The highest BCUT2D eigenvalue weighted by molar-refractivity contribution is 6.31. The van der Waals surface area contributed by atoms with Crippen LogP contribution in [0.3, 0.4) is 0 Å². The fourth-order valence-electron chi connectivity index (χ4n) is 2.24. The summed E-state index contributed by atoms with van der Waals surface area (Å²) in [7, 11) is 0. The summed E-state index contributed by atoms with van der Waals surface area (Å²) in [6.45, 7) is 0.923. The van der Waals surface area contributed by atoms with Gasteiger partial charge in [0.1, 0.15) is 19.0 Å². The summed E-state index contributed by atoms with van der Waals surface area (Å²) in [6, 6.07) is 6.82. The maximum absolute atomic E-state index is 13.9. The molecule has 2 aromatic rings. The zero-order chi connectivity index (χ0) is 15.0. The maximum atomic E-state index is 13.9. The molecule has 0 spiro atoms. The maximum Gasteiger partial charge on any atom is 0.162 e. The van der Waals surface area contributed by atoms with Crippen molar-refractivity contribution in [3.05, 3.63) is 57.3 Å². The lowest BCUT2D eigenvalue weighted by Gasteiger charge is -2.22. The second-order valence-corrected chi connectivity index (χ2v) is 5.50. The Balaban J connectivity index is 2.05. The molecule has 1 unspecified atom stereocenters. The van der Waals surface area contributed by atoms with Crippen molar-refractivity contribution in [3.8, 4) is 11.5 Å². The molecule has 0 fully saturated rings. The zero-order valence-corrected chi connectivity index (χ0v) is 12.4. The van der Waals surface area contributed by atoms with Gasteiger partial charge < -0.3 is 15.2 Å². The van der Waals surface area contributed by atoms with Crippen LogP contribution in [0.2, 0.25) is 10.0 Å². The molecule has 0 radical (unpaired) electrons. The van der Waals surface area contributed by atoms with Gasteiger partial charge in [-0.2, -0.15) is 0 Å². The second kappa shape index (κ2) is 5.72. The van der Waals surface area contributed by atoms with Crippen LogP contribution in [0, 0.1) is 5.82 Å². The van der Waals surface area contributed by atoms with Gasteiger partial charge in [0.05, 0.1) is 6.04 Å². The first-order valence-corrected chi connectivity index (χ1v) is 7.11. The Kier molecular flexibility index (Phi) is 3.93. The van der Waals surface area contributed by atoms with Gasteiger partial charge in [-0.15, -0.1) is 0 Å². The molecule has 6 heteroatoms. The molecule has 3 rings (SSSR count). The number of hydrogen-bond donors (Lipinski definition) is 1. The quantitative estimate of drug-likeness (QED) is 0.908. The Morgan fingerprint density at radius 2 is 1.67 bits per heavy atom. The fraction of sp³-hybridized carbons (Fsp3) is 0.200. The van der Waals surface area contributed by atoms with E-state index in [2.05, 4.69) is 0 Å². The summed E-state index contributed by atoms with van der Waals surface area (Å²) in [5.41, 5.74) is 6.98. The van der Waals surface area contributed by atoms with Gasteiger partial charge in [0.25, 0.3) is 0 Å². The summed E-state index contributed by atoms with van der Waals surface area (Å²) in [6.07, 6.45) is 0. The van der Waals surface area contributed by atoms with E-state index in [0.717, 1.165) is 0 Å². The van der Waals surface area contributed by atoms with Crippen molar-refractivity contribution in [1.29, 1.82) is 0 Å². The van der Waals surface area contributed by atoms with Crippen molar-refractivity contribution in [3.63, 3.8) is 0 Å². The molecule has 0 aromatic heterocycles. The Hall–Kier alpha value is -1.49. The normalized spacial score (nSPS) is 14.9. The molecule has 110 valence electrons. The largest absolute Gasteiger partial charge is 0.486 e. The van der Waals surface area contributed by atoms with Gasteiger partial charge in [-0.1, -0.05) is 23.2 Å². The molecule has 0 bridgehead atoms. The zero-order valence-electron chi connectivity index (χ0n) is 10.9.